The first-order valence-corrected chi connectivity index (χ1v) is 9.13. The van der Waals surface area contributed by atoms with Gasteiger partial charge in [0, 0.05) is 24.1 Å². The molecule has 0 heterocycles. The van der Waals surface area contributed by atoms with Crippen LogP contribution >= 0.6 is 15.9 Å². The Balaban J connectivity index is 1.93. The summed E-state index contributed by atoms with van der Waals surface area (Å²) >= 11 is 3.02. The molecule has 1 saturated carbocycles. The summed E-state index contributed by atoms with van der Waals surface area (Å²) < 4.78 is 39.5. The van der Waals surface area contributed by atoms with Gasteiger partial charge in [0.25, 0.3) is 0 Å². The maximum absolute atomic E-state index is 13.1. The van der Waals surface area contributed by atoms with Crippen LogP contribution in [0.3, 0.4) is 0 Å². The van der Waals surface area contributed by atoms with E-state index in [4.69, 9.17) is 0 Å². The van der Waals surface area contributed by atoms with Crippen molar-refractivity contribution in [2.75, 3.05) is 13.1 Å². The van der Waals surface area contributed by atoms with Crippen molar-refractivity contribution in [2.24, 2.45) is 5.41 Å². The number of hydrogen-bond acceptors (Lipinski definition) is 2. The van der Waals surface area contributed by atoms with Crippen LogP contribution in [0, 0.1) is 5.41 Å². The van der Waals surface area contributed by atoms with Gasteiger partial charge < -0.3 is 16.0 Å². The van der Waals surface area contributed by atoms with Crippen LogP contribution in [0.15, 0.2) is 22.7 Å². The summed E-state index contributed by atoms with van der Waals surface area (Å²) in [6.45, 7) is 2.23. The molecule has 1 fully saturated rings. The van der Waals surface area contributed by atoms with E-state index in [1.54, 1.807) is 0 Å². The highest BCUT2D eigenvalue weighted by Crippen LogP contribution is 2.40. The van der Waals surface area contributed by atoms with Crippen LogP contribution < -0.4 is 16.0 Å². The topological polar surface area (TPSA) is 70.2 Å². The van der Waals surface area contributed by atoms with Gasteiger partial charge in [-0.1, -0.05) is 28.4 Å². The van der Waals surface area contributed by atoms with Crippen LogP contribution in [-0.2, 0) is 17.5 Å². The summed E-state index contributed by atoms with van der Waals surface area (Å²) in [6.07, 6.45) is -2.23. The van der Waals surface area contributed by atoms with Gasteiger partial charge in [0.15, 0.2) is 0 Å². The van der Waals surface area contributed by atoms with Gasteiger partial charge in [0.1, 0.15) is 0 Å². The first kappa shape index (κ1) is 20.5. The first-order chi connectivity index (χ1) is 12.2. The Morgan fingerprint density at radius 3 is 2.42 bits per heavy atom. The highest BCUT2D eigenvalue weighted by atomic mass is 79.9. The van der Waals surface area contributed by atoms with Gasteiger partial charge in [-0.15, -0.1) is 0 Å². The lowest BCUT2D eigenvalue weighted by molar-refractivity contribution is -0.138. The van der Waals surface area contributed by atoms with Gasteiger partial charge in [0.2, 0.25) is 5.91 Å². The lowest BCUT2D eigenvalue weighted by Crippen LogP contribution is -2.53. The smallest absolute Gasteiger partial charge is 0.356 e. The van der Waals surface area contributed by atoms with Crippen molar-refractivity contribution in [3.8, 4) is 0 Å². The molecule has 0 atom stereocenters. The highest BCUT2D eigenvalue weighted by Gasteiger charge is 2.44. The maximum Gasteiger partial charge on any atom is 0.416 e. The fourth-order valence-corrected chi connectivity index (χ4v) is 3.25. The first-order valence-electron chi connectivity index (χ1n) is 8.33. The molecule has 26 heavy (non-hydrogen) atoms. The van der Waals surface area contributed by atoms with E-state index in [0.29, 0.717) is 23.9 Å². The fourth-order valence-electron chi connectivity index (χ4n) is 2.89. The minimum atomic E-state index is -4.51. The van der Waals surface area contributed by atoms with Crippen LogP contribution in [0.1, 0.15) is 37.3 Å². The van der Waals surface area contributed by atoms with Crippen molar-refractivity contribution in [1.82, 2.24) is 16.0 Å². The van der Waals surface area contributed by atoms with Gasteiger partial charge >= 0.3 is 12.2 Å². The van der Waals surface area contributed by atoms with Crippen LogP contribution in [0.5, 0.6) is 0 Å². The fraction of sp³-hybridized carbons (Fsp3) is 0.529. The molecule has 0 bridgehead atoms. The highest BCUT2D eigenvalue weighted by molar-refractivity contribution is 9.10. The van der Waals surface area contributed by atoms with Crippen molar-refractivity contribution in [3.63, 3.8) is 0 Å². The standard InChI is InChI=1S/C17H21BrF3N3O2/c1-2-22-14(25)16(6-3-7-16)10-24-15(26)23-9-11-4-5-12(18)8-13(11)17(19,20)21/h4-5,8H,2-3,6-7,9-10H2,1H3,(H,22,25)(H2,23,24,26). The second kappa shape index (κ2) is 8.28. The number of carbonyl (C=O) groups excluding carboxylic acids is 2. The Morgan fingerprint density at radius 2 is 1.88 bits per heavy atom. The van der Waals surface area contributed by atoms with E-state index in [2.05, 4.69) is 31.9 Å². The Labute approximate surface area is 158 Å². The van der Waals surface area contributed by atoms with Gasteiger partial charge in [-0.25, -0.2) is 4.79 Å². The van der Waals surface area contributed by atoms with E-state index < -0.39 is 23.2 Å². The van der Waals surface area contributed by atoms with E-state index in [-0.39, 0.29) is 24.6 Å². The number of hydrogen-bond donors (Lipinski definition) is 3. The van der Waals surface area contributed by atoms with Gasteiger partial charge in [-0.2, -0.15) is 13.2 Å². The third kappa shape index (κ3) is 4.90. The third-order valence-electron chi connectivity index (χ3n) is 4.53. The quantitative estimate of drug-likeness (QED) is 0.638. The predicted molar refractivity (Wildman–Crippen MR) is 94.4 cm³/mol. The van der Waals surface area contributed by atoms with Crippen LogP contribution in [0.4, 0.5) is 18.0 Å². The van der Waals surface area contributed by atoms with Crippen molar-refractivity contribution < 1.29 is 22.8 Å². The van der Waals surface area contributed by atoms with Gasteiger partial charge in [0.05, 0.1) is 11.0 Å². The molecule has 0 saturated heterocycles. The van der Waals surface area contributed by atoms with Crippen LogP contribution in [0.2, 0.25) is 0 Å². The molecule has 1 aromatic rings. The summed E-state index contributed by atoms with van der Waals surface area (Å²) in [5.41, 5.74) is -1.44. The van der Waals surface area contributed by atoms with E-state index in [0.717, 1.165) is 12.5 Å². The molecular formula is C17H21BrF3N3O2. The summed E-state index contributed by atoms with van der Waals surface area (Å²) in [4.78, 5) is 24.1. The zero-order valence-electron chi connectivity index (χ0n) is 14.3. The molecule has 0 spiro atoms. The molecule has 1 aromatic carbocycles. The number of carbonyl (C=O) groups is 2. The molecule has 9 heteroatoms. The summed E-state index contributed by atoms with van der Waals surface area (Å²) in [5.74, 6) is -0.0983. The monoisotopic (exact) mass is 435 g/mol. The lowest BCUT2D eigenvalue weighted by Gasteiger charge is -2.40. The van der Waals surface area contributed by atoms with E-state index in [9.17, 15) is 22.8 Å². The van der Waals surface area contributed by atoms with E-state index >= 15 is 0 Å². The minimum Gasteiger partial charge on any atom is -0.356 e. The van der Waals surface area contributed by atoms with E-state index in [1.807, 2.05) is 6.92 Å². The Hall–Kier alpha value is -1.77. The second-order valence-electron chi connectivity index (χ2n) is 6.33. The van der Waals surface area contributed by atoms with Crippen molar-refractivity contribution >= 4 is 27.9 Å². The Morgan fingerprint density at radius 1 is 1.19 bits per heavy atom. The molecule has 5 nitrogen and oxygen atoms in total. The normalized spacial score (nSPS) is 15.7. The molecular weight excluding hydrogens is 415 g/mol. The molecule has 1 aliphatic rings. The number of halogens is 4. The number of alkyl halides is 3. The van der Waals surface area contributed by atoms with Crippen molar-refractivity contribution in [3.05, 3.63) is 33.8 Å². The molecule has 1 aliphatic carbocycles. The average Bonchev–Trinajstić information content (AvgIpc) is 2.52. The van der Waals surface area contributed by atoms with E-state index in [1.165, 1.54) is 12.1 Å². The summed E-state index contributed by atoms with van der Waals surface area (Å²) in [5, 5.41) is 7.79. The number of benzene rings is 1. The molecule has 0 aromatic heterocycles. The average molecular weight is 436 g/mol. The number of rotatable bonds is 6. The minimum absolute atomic E-state index is 0.0297. The summed E-state index contributed by atoms with van der Waals surface area (Å²) in [6, 6.07) is 3.18. The molecule has 2 rings (SSSR count). The SMILES string of the molecule is CCNC(=O)C1(CNC(=O)NCc2ccc(Br)cc2C(F)(F)F)CCC1. The maximum atomic E-state index is 13.1. The molecule has 3 amide bonds. The van der Waals surface area contributed by atoms with Crippen LogP contribution in [-0.4, -0.2) is 25.0 Å². The van der Waals surface area contributed by atoms with Gasteiger partial charge in [-0.05, 0) is 37.5 Å². The second-order valence-corrected chi connectivity index (χ2v) is 7.24. The predicted octanol–water partition coefficient (Wildman–Crippen LogP) is 3.57. The van der Waals surface area contributed by atoms with Crippen molar-refractivity contribution in [1.29, 1.82) is 0 Å². The zero-order chi connectivity index (χ0) is 19.4. The molecule has 3 N–H and O–H groups in total. The van der Waals surface area contributed by atoms with Crippen LogP contribution in [0.25, 0.3) is 0 Å². The van der Waals surface area contributed by atoms with Crippen molar-refractivity contribution in [2.45, 2.75) is 38.9 Å². The summed E-state index contributed by atoms with van der Waals surface area (Å²) in [7, 11) is 0. The van der Waals surface area contributed by atoms with Gasteiger partial charge in [-0.3, -0.25) is 4.79 Å². The number of nitrogens with one attached hydrogen (secondary N) is 3. The molecule has 0 radical (unpaired) electrons. The Bertz CT molecular complexity index is 676. The molecule has 144 valence electrons. The number of amides is 3. The third-order valence-corrected chi connectivity index (χ3v) is 5.03. The molecule has 0 aliphatic heterocycles. The Kier molecular flexibility index (Phi) is 6.54. The largest absolute Gasteiger partial charge is 0.416 e. The number of urea groups is 1. The lowest BCUT2D eigenvalue weighted by atomic mass is 9.68. The molecule has 0 unspecified atom stereocenters. The zero-order valence-corrected chi connectivity index (χ0v) is 15.9.